The monoisotopic (exact) mass is 415 g/mol. The molecule has 0 saturated carbocycles. The molecule has 0 unspecified atom stereocenters. The van der Waals surface area contributed by atoms with Crippen LogP contribution in [0.3, 0.4) is 0 Å². The van der Waals surface area contributed by atoms with Gasteiger partial charge in [-0.1, -0.05) is 53.5 Å². The molecule has 0 radical (unpaired) electrons. The number of rotatable bonds is 3. The Labute approximate surface area is 167 Å². The Morgan fingerprint density at radius 1 is 1.11 bits per heavy atom. The molecule has 134 valence electrons. The molecule has 0 bridgehead atoms. The average Bonchev–Trinajstić information content (AvgIpc) is 3.10. The van der Waals surface area contributed by atoms with Gasteiger partial charge < -0.3 is 5.32 Å². The van der Waals surface area contributed by atoms with Gasteiger partial charge in [0.25, 0.3) is 11.5 Å². The third kappa shape index (κ3) is 3.35. The number of hydrogen-bond acceptors (Lipinski definition) is 4. The molecule has 0 aliphatic rings. The largest absolute Gasteiger partial charge is 0.320 e. The van der Waals surface area contributed by atoms with E-state index < -0.39 is 11.5 Å². The van der Waals surface area contributed by atoms with Crippen molar-refractivity contribution in [2.45, 2.75) is 0 Å². The van der Waals surface area contributed by atoms with Gasteiger partial charge in [0, 0.05) is 16.6 Å². The zero-order valence-corrected chi connectivity index (χ0v) is 16.0. The lowest BCUT2D eigenvalue weighted by Crippen LogP contribution is -2.26. The third-order valence-electron chi connectivity index (χ3n) is 3.94. The van der Waals surface area contributed by atoms with Crippen molar-refractivity contribution in [3.05, 3.63) is 86.1 Å². The number of aromatic nitrogens is 2. The van der Waals surface area contributed by atoms with Gasteiger partial charge in [0.1, 0.15) is 5.56 Å². The van der Waals surface area contributed by atoms with Gasteiger partial charge in [-0.15, -0.1) is 11.3 Å². The lowest BCUT2D eigenvalue weighted by Gasteiger charge is -2.08. The number of halogens is 2. The maximum Gasteiger partial charge on any atom is 0.271 e. The van der Waals surface area contributed by atoms with Gasteiger partial charge in [0.05, 0.1) is 16.4 Å². The Morgan fingerprint density at radius 2 is 1.89 bits per heavy atom. The molecular weight excluding hydrogens is 405 g/mol. The molecule has 5 nitrogen and oxygen atoms in total. The summed E-state index contributed by atoms with van der Waals surface area (Å²) in [5.41, 5.74) is 1.40. The fourth-order valence-electron chi connectivity index (χ4n) is 2.64. The average molecular weight is 416 g/mol. The summed E-state index contributed by atoms with van der Waals surface area (Å²) in [7, 11) is 0. The molecule has 0 fully saturated rings. The number of nitrogens with one attached hydrogen (secondary N) is 1. The van der Waals surface area contributed by atoms with E-state index in [1.807, 2.05) is 35.7 Å². The van der Waals surface area contributed by atoms with Crippen LogP contribution in [0.25, 0.3) is 16.2 Å². The van der Waals surface area contributed by atoms with Crippen molar-refractivity contribution >= 4 is 51.1 Å². The van der Waals surface area contributed by atoms with Gasteiger partial charge >= 0.3 is 0 Å². The number of carbonyl (C=O) groups excluding carboxylic acids is 1. The summed E-state index contributed by atoms with van der Waals surface area (Å²) in [6.45, 7) is 0. The lowest BCUT2D eigenvalue weighted by molar-refractivity contribution is 0.102. The van der Waals surface area contributed by atoms with E-state index in [9.17, 15) is 9.59 Å². The zero-order valence-electron chi connectivity index (χ0n) is 13.6. The van der Waals surface area contributed by atoms with Gasteiger partial charge in [-0.3, -0.25) is 14.0 Å². The molecular formula is C19H11Cl2N3O2S. The third-order valence-corrected chi connectivity index (χ3v) is 5.33. The summed E-state index contributed by atoms with van der Waals surface area (Å²) in [6.07, 6.45) is 1.28. The topological polar surface area (TPSA) is 63.5 Å². The van der Waals surface area contributed by atoms with Crippen LogP contribution in [-0.4, -0.2) is 15.3 Å². The lowest BCUT2D eigenvalue weighted by atomic mass is 10.2. The van der Waals surface area contributed by atoms with Crippen LogP contribution in [0.2, 0.25) is 10.0 Å². The molecule has 2 heterocycles. The van der Waals surface area contributed by atoms with E-state index in [1.165, 1.54) is 28.0 Å². The number of carbonyl (C=O) groups is 1. The maximum absolute atomic E-state index is 13.0. The number of fused-ring (bicyclic) bond motifs is 1. The van der Waals surface area contributed by atoms with Crippen LogP contribution in [0, 0.1) is 0 Å². The van der Waals surface area contributed by atoms with Crippen LogP contribution in [0.15, 0.2) is 64.9 Å². The van der Waals surface area contributed by atoms with E-state index in [0.717, 1.165) is 5.56 Å². The number of anilines is 1. The SMILES string of the molecule is O=C(Nc1ccc(Cl)cc1Cl)c1cnc2scc(-c3ccccc3)n2c1=O. The first-order chi connectivity index (χ1) is 13.0. The highest BCUT2D eigenvalue weighted by Crippen LogP contribution is 2.26. The molecule has 4 rings (SSSR count). The van der Waals surface area contributed by atoms with Crippen molar-refractivity contribution in [2.75, 3.05) is 5.32 Å². The Balaban J connectivity index is 1.77. The summed E-state index contributed by atoms with van der Waals surface area (Å²) >= 11 is 13.3. The van der Waals surface area contributed by atoms with Gasteiger partial charge in [-0.25, -0.2) is 4.98 Å². The smallest absolute Gasteiger partial charge is 0.271 e. The highest BCUT2D eigenvalue weighted by molar-refractivity contribution is 7.15. The quantitative estimate of drug-likeness (QED) is 0.512. The molecule has 0 atom stereocenters. The molecule has 4 aromatic rings. The second-order valence-electron chi connectivity index (χ2n) is 5.66. The number of amides is 1. The van der Waals surface area contributed by atoms with Crippen molar-refractivity contribution in [1.29, 1.82) is 0 Å². The highest BCUT2D eigenvalue weighted by Gasteiger charge is 2.18. The first-order valence-corrected chi connectivity index (χ1v) is 9.49. The minimum absolute atomic E-state index is 0.0749. The fourth-order valence-corrected chi connectivity index (χ4v) is 3.95. The van der Waals surface area contributed by atoms with Crippen LogP contribution in [-0.2, 0) is 0 Å². The molecule has 0 aliphatic carbocycles. The summed E-state index contributed by atoms with van der Waals surface area (Å²) in [6, 6.07) is 14.2. The van der Waals surface area contributed by atoms with Gasteiger partial charge in [0.2, 0.25) is 0 Å². The first-order valence-electron chi connectivity index (χ1n) is 7.85. The predicted octanol–water partition coefficient (Wildman–Crippen LogP) is 4.98. The molecule has 2 aromatic carbocycles. The first kappa shape index (κ1) is 17.7. The van der Waals surface area contributed by atoms with Crippen LogP contribution in [0.4, 0.5) is 5.69 Å². The molecule has 27 heavy (non-hydrogen) atoms. The van der Waals surface area contributed by atoms with E-state index in [2.05, 4.69) is 10.3 Å². The molecule has 0 saturated heterocycles. The van der Waals surface area contributed by atoms with Crippen LogP contribution in [0.1, 0.15) is 10.4 Å². The minimum atomic E-state index is -0.587. The molecule has 1 amide bonds. The zero-order chi connectivity index (χ0) is 19.0. The number of thiazole rings is 1. The molecule has 8 heteroatoms. The molecule has 1 N–H and O–H groups in total. The highest BCUT2D eigenvalue weighted by atomic mass is 35.5. The van der Waals surface area contributed by atoms with Gasteiger partial charge in [-0.2, -0.15) is 0 Å². The number of hydrogen-bond donors (Lipinski definition) is 1. The van der Waals surface area contributed by atoms with Crippen LogP contribution in [0.5, 0.6) is 0 Å². The Kier molecular flexibility index (Phi) is 4.70. The summed E-state index contributed by atoms with van der Waals surface area (Å²) in [5.74, 6) is -0.587. The summed E-state index contributed by atoms with van der Waals surface area (Å²) in [5, 5.41) is 5.21. The van der Waals surface area contributed by atoms with Crippen LogP contribution >= 0.6 is 34.5 Å². The van der Waals surface area contributed by atoms with E-state index in [4.69, 9.17) is 23.2 Å². The van der Waals surface area contributed by atoms with E-state index in [-0.39, 0.29) is 10.6 Å². The fraction of sp³-hybridized carbons (Fsp3) is 0. The van der Waals surface area contributed by atoms with E-state index in [1.54, 1.807) is 12.1 Å². The Bertz CT molecular complexity index is 1220. The van der Waals surface area contributed by atoms with Crippen molar-refractivity contribution < 1.29 is 4.79 Å². The number of benzene rings is 2. The van der Waals surface area contributed by atoms with Crippen LogP contribution < -0.4 is 10.9 Å². The van der Waals surface area contributed by atoms with E-state index in [0.29, 0.717) is 21.4 Å². The van der Waals surface area contributed by atoms with Gasteiger partial charge in [0.15, 0.2) is 4.96 Å². The molecule has 0 spiro atoms. The van der Waals surface area contributed by atoms with Crippen molar-refractivity contribution in [3.8, 4) is 11.3 Å². The normalized spacial score (nSPS) is 10.9. The van der Waals surface area contributed by atoms with E-state index >= 15 is 0 Å². The molecule has 2 aromatic heterocycles. The van der Waals surface area contributed by atoms with Gasteiger partial charge in [-0.05, 0) is 23.8 Å². The molecule has 0 aliphatic heterocycles. The minimum Gasteiger partial charge on any atom is -0.320 e. The second kappa shape index (κ2) is 7.15. The van der Waals surface area contributed by atoms with Crippen molar-refractivity contribution in [2.24, 2.45) is 0 Å². The Hall–Kier alpha value is -2.67. The standard InChI is InChI=1S/C19H11Cl2N3O2S/c20-12-6-7-15(14(21)8-12)23-17(25)13-9-22-19-24(18(13)26)16(10-27-19)11-4-2-1-3-5-11/h1-10H,(H,23,25). The van der Waals surface area contributed by atoms with Crippen molar-refractivity contribution in [3.63, 3.8) is 0 Å². The van der Waals surface area contributed by atoms with Crippen molar-refractivity contribution in [1.82, 2.24) is 9.38 Å². The maximum atomic E-state index is 13.0. The second-order valence-corrected chi connectivity index (χ2v) is 7.34. The summed E-state index contributed by atoms with van der Waals surface area (Å²) < 4.78 is 1.44. The summed E-state index contributed by atoms with van der Waals surface area (Å²) in [4.78, 5) is 30.4. The number of nitrogens with zero attached hydrogens (tertiary/aromatic N) is 2. The Morgan fingerprint density at radius 3 is 2.63 bits per heavy atom. The predicted molar refractivity (Wildman–Crippen MR) is 109 cm³/mol.